The van der Waals surface area contributed by atoms with Crippen LogP contribution in [0.3, 0.4) is 0 Å². The summed E-state index contributed by atoms with van der Waals surface area (Å²) in [6.07, 6.45) is -3.92. The molecule has 1 heterocycles. The molecule has 6 nitrogen and oxygen atoms in total. The van der Waals surface area contributed by atoms with Crippen molar-refractivity contribution in [3.63, 3.8) is 0 Å². The summed E-state index contributed by atoms with van der Waals surface area (Å²) in [4.78, 5) is 48.2. The zero-order valence-corrected chi connectivity index (χ0v) is 13.7. The molecule has 0 unspecified atom stereocenters. The summed E-state index contributed by atoms with van der Waals surface area (Å²) in [5.41, 5.74) is -0.954. The number of alkyl halides is 3. The Morgan fingerprint density at radius 1 is 1.12 bits per heavy atom. The molecule has 24 heavy (non-hydrogen) atoms. The average Bonchev–Trinajstić information content (AvgIpc) is 2.52. The Morgan fingerprint density at radius 3 is 2.21 bits per heavy atom. The van der Waals surface area contributed by atoms with Gasteiger partial charge in [0.15, 0.2) is 0 Å². The number of ketones is 1. The van der Waals surface area contributed by atoms with Gasteiger partial charge in [0.25, 0.3) is 5.91 Å². The lowest BCUT2D eigenvalue weighted by Gasteiger charge is -2.35. The van der Waals surface area contributed by atoms with E-state index in [1.165, 1.54) is 0 Å². The first-order valence-electron chi connectivity index (χ1n) is 7.60. The first kappa shape index (κ1) is 20.1. The van der Waals surface area contributed by atoms with Crippen LogP contribution in [0.4, 0.5) is 13.2 Å². The molecule has 0 aromatic carbocycles. The van der Waals surface area contributed by atoms with Crippen LogP contribution < -0.4 is 0 Å². The van der Waals surface area contributed by atoms with Crippen molar-refractivity contribution in [2.24, 2.45) is 5.41 Å². The normalized spacial score (nSPS) is 18.9. The van der Waals surface area contributed by atoms with E-state index in [-0.39, 0.29) is 13.0 Å². The van der Waals surface area contributed by atoms with Crippen molar-refractivity contribution in [2.45, 2.75) is 58.7 Å². The van der Waals surface area contributed by atoms with Gasteiger partial charge in [0, 0.05) is 12.0 Å². The highest BCUT2D eigenvalue weighted by molar-refractivity contribution is 6.38. The fourth-order valence-corrected chi connectivity index (χ4v) is 2.22. The Kier molecular flexibility index (Phi) is 6.13. The topological polar surface area (TPSA) is 80.8 Å². The number of hydrogen-bond donors (Lipinski definition) is 0. The maximum Gasteiger partial charge on any atom is 0.491 e. The number of carbonyl (C=O) groups is 4. The molecular formula is C15H20F3NO5. The van der Waals surface area contributed by atoms with Gasteiger partial charge in [-0.05, 0) is 25.7 Å². The number of piperidine rings is 1. The predicted molar refractivity (Wildman–Crippen MR) is 75.6 cm³/mol. The van der Waals surface area contributed by atoms with Gasteiger partial charge >= 0.3 is 18.1 Å². The fraction of sp³-hybridized carbons (Fsp3) is 0.733. The van der Waals surface area contributed by atoms with Crippen LogP contribution in [-0.2, 0) is 23.9 Å². The minimum atomic E-state index is -5.31. The van der Waals surface area contributed by atoms with E-state index in [2.05, 4.69) is 4.74 Å². The van der Waals surface area contributed by atoms with Gasteiger partial charge in [0.05, 0.1) is 0 Å². The Morgan fingerprint density at radius 2 is 1.71 bits per heavy atom. The maximum atomic E-state index is 12.4. The van der Waals surface area contributed by atoms with Gasteiger partial charge in [-0.25, -0.2) is 9.59 Å². The second-order valence-corrected chi connectivity index (χ2v) is 6.28. The monoisotopic (exact) mass is 351 g/mol. The molecule has 0 N–H and O–H groups in total. The number of nitrogens with zero attached hydrogens (tertiary/aromatic N) is 1. The van der Waals surface area contributed by atoms with Crippen LogP contribution in [0, 0.1) is 5.41 Å². The molecule has 0 spiro atoms. The summed E-state index contributed by atoms with van der Waals surface area (Å²) in [6.45, 7) is 4.90. The molecule has 1 rings (SSSR count). The van der Waals surface area contributed by atoms with Crippen molar-refractivity contribution in [1.29, 1.82) is 0 Å². The van der Waals surface area contributed by atoms with Crippen LogP contribution in [0.5, 0.6) is 0 Å². The standard InChI is InChI=1S/C15H20F3NO5/c1-4-14(2,3)10(20)11(21)19-8-6-5-7-9(19)12(22)24-13(23)15(16,17)18/h9H,4-8H2,1-3H3/t9-/m0/s1. The van der Waals surface area contributed by atoms with Crippen LogP contribution in [0.25, 0.3) is 0 Å². The summed E-state index contributed by atoms with van der Waals surface area (Å²) in [5, 5.41) is 0. The quantitative estimate of drug-likeness (QED) is 0.440. The number of Topliss-reactive ketones (excluding diaryl/α,β-unsaturated/α-hetero) is 1. The van der Waals surface area contributed by atoms with Crippen molar-refractivity contribution in [1.82, 2.24) is 4.90 Å². The molecule has 1 atom stereocenters. The number of carbonyl (C=O) groups excluding carboxylic acids is 4. The molecule has 0 aromatic heterocycles. The van der Waals surface area contributed by atoms with Crippen LogP contribution >= 0.6 is 0 Å². The second-order valence-electron chi connectivity index (χ2n) is 6.28. The Bertz CT molecular complexity index is 542. The number of esters is 2. The number of hydrogen-bond acceptors (Lipinski definition) is 5. The smallest absolute Gasteiger partial charge is 0.385 e. The van der Waals surface area contributed by atoms with Crippen molar-refractivity contribution in [3.05, 3.63) is 0 Å². The molecule has 0 aliphatic carbocycles. The second kappa shape index (κ2) is 7.31. The molecule has 1 aliphatic heterocycles. The number of likely N-dealkylation sites (tertiary alicyclic amines) is 1. The Balaban J connectivity index is 2.93. The predicted octanol–water partition coefficient (Wildman–Crippen LogP) is 2.00. The van der Waals surface area contributed by atoms with E-state index in [0.29, 0.717) is 19.3 Å². The van der Waals surface area contributed by atoms with Crippen LogP contribution in [0.1, 0.15) is 46.5 Å². The molecule has 0 radical (unpaired) electrons. The first-order chi connectivity index (χ1) is 10.9. The molecule has 1 saturated heterocycles. The van der Waals surface area contributed by atoms with E-state index in [1.807, 2.05) is 0 Å². The molecule has 1 fully saturated rings. The summed E-state index contributed by atoms with van der Waals surface area (Å²) in [7, 11) is 0. The molecule has 0 saturated carbocycles. The lowest BCUT2D eigenvalue weighted by molar-refractivity contribution is -0.204. The van der Waals surface area contributed by atoms with Gasteiger partial charge in [-0.2, -0.15) is 13.2 Å². The van der Waals surface area contributed by atoms with Crippen molar-refractivity contribution < 1.29 is 37.1 Å². The van der Waals surface area contributed by atoms with E-state index < -0.39 is 41.3 Å². The minimum absolute atomic E-state index is 0.0372. The largest absolute Gasteiger partial charge is 0.491 e. The number of halogens is 3. The highest BCUT2D eigenvalue weighted by Crippen LogP contribution is 2.26. The SMILES string of the molecule is CCC(C)(C)C(=O)C(=O)N1CCCC[C@H]1C(=O)OC(=O)C(F)(F)F. The zero-order valence-electron chi connectivity index (χ0n) is 13.7. The van der Waals surface area contributed by atoms with Crippen LogP contribution in [0.2, 0.25) is 0 Å². The highest BCUT2D eigenvalue weighted by atomic mass is 19.4. The zero-order chi connectivity index (χ0) is 18.7. The molecule has 136 valence electrons. The number of ether oxygens (including phenoxy) is 1. The van der Waals surface area contributed by atoms with Crippen molar-refractivity contribution >= 4 is 23.6 Å². The van der Waals surface area contributed by atoms with Gasteiger partial charge in [0.1, 0.15) is 6.04 Å². The van der Waals surface area contributed by atoms with E-state index in [4.69, 9.17) is 0 Å². The average molecular weight is 351 g/mol. The minimum Gasteiger partial charge on any atom is -0.385 e. The van der Waals surface area contributed by atoms with Gasteiger partial charge in [-0.3, -0.25) is 9.59 Å². The highest BCUT2D eigenvalue weighted by Gasteiger charge is 2.46. The summed E-state index contributed by atoms with van der Waals surface area (Å²) in [6, 6.07) is -1.37. The van der Waals surface area contributed by atoms with Crippen LogP contribution in [-0.4, -0.2) is 47.3 Å². The number of rotatable bonds is 4. The summed E-state index contributed by atoms with van der Waals surface area (Å²) >= 11 is 0. The maximum absolute atomic E-state index is 12.4. The lowest BCUT2D eigenvalue weighted by atomic mass is 9.84. The van der Waals surface area contributed by atoms with E-state index >= 15 is 0 Å². The van der Waals surface area contributed by atoms with E-state index in [1.54, 1.807) is 20.8 Å². The van der Waals surface area contributed by atoms with Crippen molar-refractivity contribution in [3.8, 4) is 0 Å². The third kappa shape index (κ3) is 4.55. The molecule has 1 aliphatic rings. The molecule has 0 aromatic rings. The molecule has 1 amide bonds. The number of amides is 1. The summed E-state index contributed by atoms with van der Waals surface area (Å²) in [5.74, 6) is -5.77. The van der Waals surface area contributed by atoms with Gasteiger partial charge in [0.2, 0.25) is 5.78 Å². The Hall–Kier alpha value is -1.93. The van der Waals surface area contributed by atoms with Gasteiger partial charge in [-0.1, -0.05) is 20.8 Å². The first-order valence-corrected chi connectivity index (χ1v) is 7.60. The summed E-state index contributed by atoms with van der Waals surface area (Å²) < 4.78 is 40.4. The van der Waals surface area contributed by atoms with Gasteiger partial charge in [-0.15, -0.1) is 0 Å². The Labute approximate surface area is 137 Å². The third-order valence-electron chi connectivity index (χ3n) is 4.15. The third-order valence-corrected chi connectivity index (χ3v) is 4.15. The lowest BCUT2D eigenvalue weighted by Crippen LogP contribution is -2.53. The molecular weight excluding hydrogens is 331 g/mol. The van der Waals surface area contributed by atoms with Crippen molar-refractivity contribution in [2.75, 3.05) is 6.54 Å². The van der Waals surface area contributed by atoms with E-state index in [9.17, 15) is 32.3 Å². The van der Waals surface area contributed by atoms with E-state index in [0.717, 1.165) is 4.90 Å². The van der Waals surface area contributed by atoms with Gasteiger partial charge < -0.3 is 9.64 Å². The van der Waals surface area contributed by atoms with Crippen LogP contribution in [0.15, 0.2) is 0 Å². The molecule has 0 bridgehead atoms. The fourth-order valence-electron chi connectivity index (χ4n) is 2.22. The molecule has 9 heteroatoms.